The fourth-order valence-electron chi connectivity index (χ4n) is 1.89. The summed E-state index contributed by atoms with van der Waals surface area (Å²) < 4.78 is 37.1. The first-order chi connectivity index (χ1) is 11.3. The van der Waals surface area contributed by atoms with Crippen molar-refractivity contribution in [3.05, 3.63) is 35.8 Å². The van der Waals surface area contributed by atoms with Crippen molar-refractivity contribution < 1.29 is 21.7 Å². The second-order valence-electron chi connectivity index (χ2n) is 5.02. The average Bonchev–Trinajstić information content (AvgIpc) is 2.94. The molecule has 0 atom stereocenters. The van der Waals surface area contributed by atoms with Gasteiger partial charge in [-0.2, -0.15) is 0 Å². The second kappa shape index (κ2) is 8.29. The Balaban J connectivity index is 1.87. The number of nitrogens with zero attached hydrogens (tertiary/aromatic N) is 4. The smallest absolute Gasteiger partial charge is 0.408 e. The normalized spacial score (nSPS) is 12.0. The van der Waals surface area contributed by atoms with Crippen LogP contribution in [0.3, 0.4) is 0 Å². The lowest BCUT2D eigenvalue weighted by atomic mass is 10.2. The van der Waals surface area contributed by atoms with Gasteiger partial charge in [0, 0.05) is 24.7 Å². The van der Waals surface area contributed by atoms with Crippen LogP contribution in [-0.4, -0.2) is 33.2 Å². The minimum atomic E-state index is -4.61. The summed E-state index contributed by atoms with van der Waals surface area (Å²) in [5.41, 5.74) is 1.68. The maximum atomic E-state index is 10.3. The third-order valence-corrected chi connectivity index (χ3v) is 4.46. The van der Waals surface area contributed by atoms with Gasteiger partial charge >= 0.3 is 5.13 Å². The quantitative estimate of drug-likeness (QED) is 0.233. The molecular formula is C14H18N4O4S2. The Kier molecular flexibility index (Phi) is 6.37. The van der Waals surface area contributed by atoms with Crippen LogP contribution < -0.4 is 9.47 Å². The van der Waals surface area contributed by atoms with Gasteiger partial charge in [-0.1, -0.05) is 0 Å². The molecule has 2 aromatic rings. The van der Waals surface area contributed by atoms with E-state index >= 15 is 0 Å². The number of rotatable bonds is 8. The van der Waals surface area contributed by atoms with Crippen molar-refractivity contribution in [2.24, 2.45) is 17.3 Å². The summed E-state index contributed by atoms with van der Waals surface area (Å²) in [6.45, 7) is 0.432. The molecule has 1 aromatic carbocycles. The van der Waals surface area contributed by atoms with Crippen molar-refractivity contribution in [3.63, 3.8) is 0 Å². The zero-order valence-corrected chi connectivity index (χ0v) is 15.0. The molecule has 0 saturated carbocycles. The first kappa shape index (κ1) is 18.5. The Morgan fingerprint density at radius 2 is 2.00 bits per heavy atom. The first-order valence-electron chi connectivity index (χ1n) is 7.11. The molecule has 0 aliphatic heterocycles. The van der Waals surface area contributed by atoms with Gasteiger partial charge in [-0.3, -0.25) is 4.18 Å². The standard InChI is InChI=1S/C14H18N4O4S2/c1-17(8-3-10-22-24(19,20)21)13-6-4-12(5-7-13)15-16-14-18(2)9-11-23-14/h4-7,9,11H,3,8,10H2,1-2H3. The van der Waals surface area contributed by atoms with Crippen molar-refractivity contribution in [1.82, 2.24) is 0 Å². The number of hydrogen-bond acceptors (Lipinski definition) is 8. The van der Waals surface area contributed by atoms with Crippen LogP contribution in [0.25, 0.3) is 0 Å². The van der Waals surface area contributed by atoms with E-state index in [-0.39, 0.29) is 6.61 Å². The van der Waals surface area contributed by atoms with Crippen LogP contribution in [0.1, 0.15) is 6.42 Å². The minimum absolute atomic E-state index is 0.125. The van der Waals surface area contributed by atoms with E-state index < -0.39 is 10.4 Å². The number of anilines is 1. The highest BCUT2D eigenvalue weighted by molar-refractivity contribution is 7.80. The lowest BCUT2D eigenvalue weighted by Crippen LogP contribution is -2.23. The van der Waals surface area contributed by atoms with Gasteiger partial charge in [-0.25, -0.2) is 13.0 Å². The van der Waals surface area contributed by atoms with Gasteiger partial charge in [-0.15, -0.1) is 0 Å². The molecule has 0 aliphatic carbocycles. The SMILES string of the molecule is CN(CCCOS(=O)(=O)[O-])c1ccc(N=Nc2scc[n+]2C)cc1. The molecule has 130 valence electrons. The summed E-state index contributed by atoms with van der Waals surface area (Å²) in [7, 11) is -0.836. The van der Waals surface area contributed by atoms with E-state index in [4.69, 9.17) is 0 Å². The van der Waals surface area contributed by atoms with E-state index in [1.54, 1.807) is 0 Å². The molecule has 1 aromatic heterocycles. The van der Waals surface area contributed by atoms with E-state index in [0.29, 0.717) is 13.0 Å². The zero-order chi connectivity index (χ0) is 17.6. The summed E-state index contributed by atoms with van der Waals surface area (Å²) in [5, 5.41) is 11.1. The second-order valence-corrected chi connectivity index (χ2v) is 6.94. The van der Waals surface area contributed by atoms with Gasteiger partial charge in [0.25, 0.3) is 0 Å². The zero-order valence-electron chi connectivity index (χ0n) is 13.3. The molecule has 2 rings (SSSR count). The van der Waals surface area contributed by atoms with Crippen molar-refractivity contribution in [2.75, 3.05) is 25.1 Å². The van der Waals surface area contributed by atoms with Gasteiger partial charge in [0.2, 0.25) is 10.4 Å². The largest absolute Gasteiger partial charge is 0.726 e. The molecule has 0 amide bonds. The summed E-state index contributed by atoms with van der Waals surface area (Å²) in [6, 6.07) is 7.49. The number of hydrogen-bond donors (Lipinski definition) is 0. The first-order valence-corrected chi connectivity index (χ1v) is 9.33. The van der Waals surface area contributed by atoms with Crippen molar-refractivity contribution in [2.45, 2.75) is 6.42 Å². The fourth-order valence-corrected chi connectivity index (χ4v) is 2.89. The Hall–Kier alpha value is -1.88. The minimum Gasteiger partial charge on any atom is -0.726 e. The van der Waals surface area contributed by atoms with E-state index in [1.807, 2.05) is 59.4 Å². The number of thiazole rings is 1. The van der Waals surface area contributed by atoms with E-state index in [9.17, 15) is 13.0 Å². The van der Waals surface area contributed by atoms with Gasteiger partial charge < -0.3 is 9.45 Å². The van der Waals surface area contributed by atoms with Crippen LogP contribution in [0.5, 0.6) is 0 Å². The van der Waals surface area contributed by atoms with Crippen LogP contribution in [-0.2, 0) is 21.6 Å². The lowest BCUT2D eigenvalue weighted by Gasteiger charge is -2.19. The summed E-state index contributed by atoms with van der Waals surface area (Å²) in [4.78, 5) is 1.93. The molecule has 0 radical (unpaired) electrons. The van der Waals surface area contributed by atoms with Crippen LogP contribution >= 0.6 is 11.3 Å². The molecule has 1 heterocycles. The van der Waals surface area contributed by atoms with E-state index in [2.05, 4.69) is 14.4 Å². The molecule has 0 aliphatic rings. The molecule has 0 spiro atoms. The maximum Gasteiger partial charge on any atom is 0.408 e. The highest BCUT2D eigenvalue weighted by Gasteiger charge is 2.07. The number of benzene rings is 1. The van der Waals surface area contributed by atoms with Gasteiger partial charge in [0.05, 0.1) is 18.8 Å². The van der Waals surface area contributed by atoms with Crippen molar-refractivity contribution in [3.8, 4) is 0 Å². The molecule has 10 heteroatoms. The summed E-state index contributed by atoms with van der Waals surface area (Å²) >= 11 is 1.51. The lowest BCUT2D eigenvalue weighted by molar-refractivity contribution is -0.654. The van der Waals surface area contributed by atoms with Crippen LogP contribution in [0.15, 0.2) is 46.1 Å². The monoisotopic (exact) mass is 370 g/mol. The highest BCUT2D eigenvalue weighted by atomic mass is 32.3. The molecular weight excluding hydrogens is 352 g/mol. The Bertz CT molecular complexity index is 787. The van der Waals surface area contributed by atoms with Crippen LogP contribution in [0.4, 0.5) is 16.5 Å². The van der Waals surface area contributed by atoms with E-state index in [1.165, 1.54) is 11.3 Å². The Morgan fingerprint density at radius 3 is 2.58 bits per heavy atom. The third-order valence-electron chi connectivity index (χ3n) is 3.17. The van der Waals surface area contributed by atoms with Crippen molar-refractivity contribution in [1.29, 1.82) is 0 Å². The molecule has 24 heavy (non-hydrogen) atoms. The molecule has 0 fully saturated rings. The molecule has 0 bridgehead atoms. The number of azo groups is 1. The topological polar surface area (TPSA) is 98.3 Å². The van der Waals surface area contributed by atoms with Gasteiger partial charge in [0.15, 0.2) is 0 Å². The third kappa shape index (κ3) is 5.96. The summed E-state index contributed by atoms with van der Waals surface area (Å²) in [5.74, 6) is 0. The highest BCUT2D eigenvalue weighted by Crippen LogP contribution is 2.22. The van der Waals surface area contributed by atoms with E-state index in [0.717, 1.165) is 16.5 Å². The predicted molar refractivity (Wildman–Crippen MR) is 89.6 cm³/mol. The average molecular weight is 370 g/mol. The van der Waals surface area contributed by atoms with Gasteiger partial charge in [0.1, 0.15) is 11.9 Å². The molecule has 0 N–H and O–H groups in total. The predicted octanol–water partition coefficient (Wildman–Crippen LogP) is 2.29. The van der Waals surface area contributed by atoms with Crippen LogP contribution in [0.2, 0.25) is 0 Å². The number of aromatic nitrogens is 1. The molecule has 0 unspecified atom stereocenters. The van der Waals surface area contributed by atoms with Crippen molar-refractivity contribution >= 4 is 38.2 Å². The molecule has 0 saturated heterocycles. The maximum absolute atomic E-state index is 10.3. The Labute approximate surface area is 145 Å². The Morgan fingerprint density at radius 1 is 1.29 bits per heavy atom. The van der Waals surface area contributed by atoms with Gasteiger partial charge in [-0.05, 0) is 47.1 Å². The number of aryl methyl sites for hydroxylation is 1. The van der Waals surface area contributed by atoms with Crippen LogP contribution in [0, 0.1) is 0 Å². The fraction of sp³-hybridized carbons (Fsp3) is 0.357. The molecule has 8 nitrogen and oxygen atoms in total. The summed E-state index contributed by atoms with van der Waals surface area (Å²) in [6.07, 6.45) is 2.34.